The summed E-state index contributed by atoms with van der Waals surface area (Å²) in [5.41, 5.74) is 7.42. The molecule has 0 spiro atoms. The van der Waals surface area contributed by atoms with Crippen LogP contribution in [0, 0.1) is 5.92 Å². The molecule has 1 aromatic carbocycles. The highest BCUT2D eigenvalue weighted by atomic mass is 79.9. The van der Waals surface area contributed by atoms with E-state index in [1.807, 2.05) is 18.2 Å². The molecule has 6 heteroatoms. The number of amides is 1. The van der Waals surface area contributed by atoms with E-state index in [4.69, 9.17) is 5.73 Å². The number of fused-ring (bicyclic) bond motifs is 3. The number of benzene rings is 1. The third-order valence-corrected chi connectivity index (χ3v) is 3.60. The maximum Gasteiger partial charge on any atom is 0.225 e. The number of carbonyl (C=O) groups excluding carboxylic acids is 1. The third kappa shape index (κ3) is 1.92. The second kappa shape index (κ2) is 4.20. The van der Waals surface area contributed by atoms with E-state index in [0.29, 0.717) is 6.42 Å². The summed E-state index contributed by atoms with van der Waals surface area (Å²) in [6, 6.07) is 5.59. The van der Waals surface area contributed by atoms with Crippen LogP contribution in [0.3, 0.4) is 0 Å². The summed E-state index contributed by atoms with van der Waals surface area (Å²) in [6.07, 6.45) is 2.10. The van der Waals surface area contributed by atoms with E-state index in [2.05, 4.69) is 31.2 Å². The van der Waals surface area contributed by atoms with Crippen molar-refractivity contribution in [2.45, 2.75) is 12.5 Å². The van der Waals surface area contributed by atoms with Crippen LogP contribution in [0.4, 0.5) is 5.69 Å². The molecular weight excluding hydrogens is 296 g/mol. The van der Waals surface area contributed by atoms with Gasteiger partial charge in [-0.15, -0.1) is 0 Å². The first-order chi connectivity index (χ1) is 8.63. The Labute approximate surface area is 112 Å². The van der Waals surface area contributed by atoms with Gasteiger partial charge in [0, 0.05) is 34.3 Å². The van der Waals surface area contributed by atoms with Crippen molar-refractivity contribution in [3.8, 4) is 0 Å². The number of anilines is 1. The van der Waals surface area contributed by atoms with Crippen molar-refractivity contribution >= 4 is 39.7 Å². The average Bonchev–Trinajstić information content (AvgIpc) is 2.46. The monoisotopic (exact) mass is 306 g/mol. The number of hydrogen-bond donors (Lipinski definition) is 2. The van der Waals surface area contributed by atoms with Crippen molar-refractivity contribution in [2.24, 2.45) is 21.6 Å². The molecule has 5 nitrogen and oxygen atoms in total. The zero-order valence-corrected chi connectivity index (χ0v) is 11.0. The van der Waals surface area contributed by atoms with Gasteiger partial charge in [0.25, 0.3) is 0 Å². The first-order valence-corrected chi connectivity index (χ1v) is 6.39. The lowest BCUT2D eigenvalue weighted by Crippen LogP contribution is -2.24. The predicted molar refractivity (Wildman–Crippen MR) is 73.7 cm³/mol. The lowest BCUT2D eigenvalue weighted by atomic mass is 9.91. The molecule has 1 amide bonds. The van der Waals surface area contributed by atoms with Crippen molar-refractivity contribution < 1.29 is 4.79 Å². The van der Waals surface area contributed by atoms with Gasteiger partial charge in [-0.25, -0.2) is 9.98 Å². The van der Waals surface area contributed by atoms with Gasteiger partial charge in [-0.2, -0.15) is 0 Å². The van der Waals surface area contributed by atoms with Gasteiger partial charge >= 0.3 is 0 Å². The predicted octanol–water partition coefficient (Wildman–Crippen LogP) is 1.85. The van der Waals surface area contributed by atoms with Gasteiger partial charge in [-0.3, -0.25) is 4.79 Å². The molecule has 0 bridgehead atoms. The summed E-state index contributed by atoms with van der Waals surface area (Å²) in [5, 5.41) is 2.89. The van der Waals surface area contributed by atoms with Gasteiger partial charge in [0.15, 0.2) is 0 Å². The molecule has 0 aliphatic carbocycles. The molecule has 1 aromatic rings. The maximum atomic E-state index is 11.8. The van der Waals surface area contributed by atoms with Crippen LogP contribution >= 0.6 is 15.9 Å². The average molecular weight is 307 g/mol. The highest BCUT2D eigenvalue weighted by Crippen LogP contribution is 2.38. The van der Waals surface area contributed by atoms with Crippen molar-refractivity contribution in [2.75, 3.05) is 5.32 Å². The Hall–Kier alpha value is -1.69. The molecule has 18 heavy (non-hydrogen) atoms. The summed E-state index contributed by atoms with van der Waals surface area (Å²) in [4.78, 5) is 20.2. The first-order valence-electron chi connectivity index (χ1n) is 5.60. The van der Waals surface area contributed by atoms with Crippen LogP contribution in [-0.4, -0.2) is 18.1 Å². The minimum atomic E-state index is -0.144. The highest BCUT2D eigenvalue weighted by molar-refractivity contribution is 9.10. The van der Waals surface area contributed by atoms with E-state index in [9.17, 15) is 4.79 Å². The highest BCUT2D eigenvalue weighted by Gasteiger charge is 2.32. The van der Waals surface area contributed by atoms with Gasteiger partial charge < -0.3 is 11.1 Å². The Morgan fingerprint density at radius 3 is 3.11 bits per heavy atom. The Balaban J connectivity index is 2.15. The summed E-state index contributed by atoms with van der Waals surface area (Å²) in [5.74, 6) is 0.206. The third-order valence-electron chi connectivity index (χ3n) is 3.10. The Morgan fingerprint density at radius 1 is 1.44 bits per heavy atom. The number of aliphatic imine (C=N–C) groups is 2. The fraction of sp³-hybridized carbons (Fsp3) is 0.250. The standard InChI is InChI=1S/C12H11BrN4O/c13-7-1-2-9-8(4-7)11-6(3-10(18)16-9)5-15-12(14)17-11/h1-2,4-6,11H,3H2,(H2,14,17)(H,16,18). The molecule has 0 radical (unpaired) electrons. The van der Waals surface area contributed by atoms with Crippen molar-refractivity contribution in [1.29, 1.82) is 0 Å². The second-order valence-electron chi connectivity index (χ2n) is 4.36. The van der Waals surface area contributed by atoms with E-state index in [1.54, 1.807) is 6.21 Å². The van der Waals surface area contributed by atoms with Gasteiger partial charge in [0.2, 0.25) is 11.9 Å². The van der Waals surface area contributed by atoms with Crippen LogP contribution in [0.1, 0.15) is 18.0 Å². The molecule has 2 atom stereocenters. The normalized spacial score (nSPS) is 25.6. The molecule has 92 valence electrons. The quantitative estimate of drug-likeness (QED) is 0.767. The topological polar surface area (TPSA) is 79.8 Å². The van der Waals surface area contributed by atoms with Crippen LogP contribution in [-0.2, 0) is 4.79 Å². The molecule has 0 saturated carbocycles. The number of hydrogen-bond acceptors (Lipinski definition) is 4. The van der Waals surface area contributed by atoms with E-state index in [-0.39, 0.29) is 23.8 Å². The SMILES string of the molecule is NC1=NC2c3cc(Br)ccc3NC(=O)CC2C=N1. The Kier molecular flexibility index (Phi) is 2.66. The molecule has 3 N–H and O–H groups in total. The lowest BCUT2D eigenvalue weighted by molar-refractivity contribution is -0.116. The van der Waals surface area contributed by atoms with Gasteiger partial charge in [-0.1, -0.05) is 15.9 Å². The van der Waals surface area contributed by atoms with Crippen molar-refractivity contribution in [3.05, 3.63) is 28.2 Å². The number of nitrogens with one attached hydrogen (secondary N) is 1. The number of rotatable bonds is 0. The minimum absolute atomic E-state index is 0.0202. The molecule has 2 heterocycles. The first kappa shape index (κ1) is 11.4. The molecule has 3 rings (SSSR count). The molecule has 2 aliphatic heterocycles. The zero-order chi connectivity index (χ0) is 12.7. The lowest BCUT2D eigenvalue weighted by Gasteiger charge is -2.21. The fourth-order valence-electron chi connectivity index (χ4n) is 2.30. The summed E-state index contributed by atoms with van der Waals surface area (Å²) in [7, 11) is 0. The van der Waals surface area contributed by atoms with E-state index >= 15 is 0 Å². The van der Waals surface area contributed by atoms with Crippen LogP contribution in [0.2, 0.25) is 0 Å². The van der Waals surface area contributed by atoms with Crippen LogP contribution in [0.25, 0.3) is 0 Å². The van der Waals surface area contributed by atoms with Gasteiger partial charge in [-0.05, 0) is 18.2 Å². The minimum Gasteiger partial charge on any atom is -0.368 e. The number of halogens is 1. The van der Waals surface area contributed by atoms with Gasteiger partial charge in [0.1, 0.15) is 0 Å². The molecule has 0 aromatic heterocycles. The molecule has 0 saturated heterocycles. The fourth-order valence-corrected chi connectivity index (χ4v) is 2.68. The van der Waals surface area contributed by atoms with Crippen LogP contribution in [0.15, 0.2) is 32.7 Å². The smallest absolute Gasteiger partial charge is 0.225 e. The van der Waals surface area contributed by atoms with Crippen molar-refractivity contribution in [3.63, 3.8) is 0 Å². The largest absolute Gasteiger partial charge is 0.368 e. The Bertz CT molecular complexity index is 581. The van der Waals surface area contributed by atoms with E-state index < -0.39 is 0 Å². The van der Waals surface area contributed by atoms with Crippen LogP contribution < -0.4 is 11.1 Å². The molecule has 0 fully saturated rings. The Morgan fingerprint density at radius 2 is 2.28 bits per heavy atom. The molecule has 2 aliphatic rings. The zero-order valence-electron chi connectivity index (χ0n) is 9.43. The number of carbonyl (C=O) groups is 1. The summed E-state index contributed by atoms with van der Waals surface area (Å²) in [6.45, 7) is 0. The van der Waals surface area contributed by atoms with Gasteiger partial charge in [0.05, 0.1) is 6.04 Å². The second-order valence-corrected chi connectivity index (χ2v) is 5.27. The number of nitrogens with zero attached hydrogens (tertiary/aromatic N) is 2. The maximum absolute atomic E-state index is 11.8. The summed E-state index contributed by atoms with van der Waals surface area (Å²) >= 11 is 3.44. The van der Waals surface area contributed by atoms with Crippen LogP contribution in [0.5, 0.6) is 0 Å². The summed E-state index contributed by atoms with van der Waals surface area (Å²) < 4.78 is 0.951. The van der Waals surface area contributed by atoms with E-state index in [0.717, 1.165) is 15.7 Å². The number of nitrogens with two attached hydrogens (primary N) is 1. The number of guanidine groups is 1. The van der Waals surface area contributed by atoms with Crippen molar-refractivity contribution in [1.82, 2.24) is 0 Å². The molecular formula is C12H11BrN4O. The van der Waals surface area contributed by atoms with E-state index in [1.165, 1.54) is 0 Å². The molecule has 2 unspecified atom stereocenters.